The van der Waals surface area contributed by atoms with Crippen LogP contribution < -0.4 is 0 Å². The van der Waals surface area contributed by atoms with Gasteiger partial charge in [0.25, 0.3) is 0 Å². The molecule has 1 aromatic carbocycles. The Morgan fingerprint density at radius 1 is 1.12 bits per heavy atom. The number of hydrogen-bond donors (Lipinski definition) is 1. The van der Waals surface area contributed by atoms with Crippen LogP contribution in [-0.2, 0) is 22.6 Å². The standard InChI is InChI=1S/C12H10F6N4O2S/c1-21(2)25(23,24)22-9(5-19)20-8-4-6(11(13,14)15)3-7(10(8)22)12(16,17)18/h3-5,19H,1-2H3. The van der Waals surface area contributed by atoms with Crippen LogP contribution >= 0.6 is 0 Å². The first kappa shape index (κ1) is 19.2. The molecular weight excluding hydrogens is 378 g/mol. The van der Waals surface area contributed by atoms with Crippen molar-refractivity contribution in [1.82, 2.24) is 13.3 Å². The summed E-state index contributed by atoms with van der Waals surface area (Å²) >= 11 is 0. The molecule has 13 heteroatoms. The van der Waals surface area contributed by atoms with E-state index in [-0.39, 0.29) is 10.0 Å². The Morgan fingerprint density at radius 2 is 1.68 bits per heavy atom. The van der Waals surface area contributed by atoms with E-state index in [1.165, 1.54) is 0 Å². The number of nitrogens with one attached hydrogen (secondary N) is 1. The number of aromatic nitrogens is 2. The van der Waals surface area contributed by atoms with Crippen LogP contribution in [0.3, 0.4) is 0 Å². The van der Waals surface area contributed by atoms with E-state index < -0.39 is 50.5 Å². The van der Waals surface area contributed by atoms with Crippen molar-refractivity contribution in [2.45, 2.75) is 12.4 Å². The molecule has 6 nitrogen and oxygen atoms in total. The summed E-state index contributed by atoms with van der Waals surface area (Å²) in [7, 11) is -2.54. The van der Waals surface area contributed by atoms with Crippen LogP contribution in [0.25, 0.3) is 11.0 Å². The highest BCUT2D eigenvalue weighted by atomic mass is 32.2. The van der Waals surface area contributed by atoms with Gasteiger partial charge in [-0.2, -0.15) is 39.1 Å². The summed E-state index contributed by atoms with van der Waals surface area (Å²) in [5, 5.41) is 7.15. The van der Waals surface area contributed by atoms with Gasteiger partial charge in [-0.1, -0.05) is 0 Å². The van der Waals surface area contributed by atoms with E-state index in [0.29, 0.717) is 16.6 Å². The summed E-state index contributed by atoms with van der Waals surface area (Å²) in [6, 6.07) is 0.124. The van der Waals surface area contributed by atoms with Crippen LogP contribution in [0.5, 0.6) is 0 Å². The molecule has 0 fully saturated rings. The minimum absolute atomic E-state index is 0.0955. The maximum Gasteiger partial charge on any atom is 0.418 e. The van der Waals surface area contributed by atoms with Gasteiger partial charge in [0.15, 0.2) is 5.82 Å². The van der Waals surface area contributed by atoms with Gasteiger partial charge in [-0.3, -0.25) is 0 Å². The maximum absolute atomic E-state index is 13.3. The quantitative estimate of drug-likeness (QED) is 0.649. The second-order valence-corrected chi connectivity index (χ2v) is 7.05. The molecule has 25 heavy (non-hydrogen) atoms. The molecule has 0 aliphatic rings. The maximum atomic E-state index is 13.3. The SMILES string of the molecule is CN(C)S(=O)(=O)n1c(C=N)nc2cc(C(F)(F)F)cc(C(F)(F)F)c21. The summed E-state index contributed by atoms with van der Waals surface area (Å²) in [6.45, 7) is 0. The van der Waals surface area contributed by atoms with Gasteiger partial charge in [0, 0.05) is 14.1 Å². The molecule has 0 saturated carbocycles. The predicted octanol–water partition coefficient (Wildman–Crippen LogP) is 2.73. The van der Waals surface area contributed by atoms with Crippen molar-refractivity contribution in [2.75, 3.05) is 14.1 Å². The van der Waals surface area contributed by atoms with Crippen molar-refractivity contribution in [1.29, 1.82) is 5.41 Å². The van der Waals surface area contributed by atoms with Crippen LogP contribution in [0, 0.1) is 5.41 Å². The monoisotopic (exact) mass is 388 g/mol. The lowest BCUT2D eigenvalue weighted by Gasteiger charge is -2.17. The minimum atomic E-state index is -5.28. The second-order valence-electron chi connectivity index (χ2n) is 5.06. The van der Waals surface area contributed by atoms with Crippen LogP contribution in [0.2, 0.25) is 0 Å². The Kier molecular flexibility index (Phi) is 4.37. The molecule has 0 aliphatic heterocycles. The highest BCUT2D eigenvalue weighted by molar-refractivity contribution is 7.87. The van der Waals surface area contributed by atoms with Crippen molar-refractivity contribution >= 4 is 27.5 Å². The molecule has 2 aromatic rings. The van der Waals surface area contributed by atoms with E-state index in [2.05, 4.69) is 4.98 Å². The molecule has 2 rings (SSSR count). The van der Waals surface area contributed by atoms with Crippen LogP contribution in [-0.4, -0.2) is 42.0 Å². The summed E-state index contributed by atoms with van der Waals surface area (Å²) in [5.74, 6) is -0.756. The first-order valence-corrected chi connectivity index (χ1v) is 7.75. The van der Waals surface area contributed by atoms with Crippen LogP contribution in [0.4, 0.5) is 26.3 Å². The minimum Gasteiger partial charge on any atom is -0.305 e. The van der Waals surface area contributed by atoms with Crippen molar-refractivity contribution in [3.05, 3.63) is 29.1 Å². The Labute approximate surface area is 137 Å². The number of imidazole rings is 1. The normalized spacial score (nSPS) is 13.6. The van der Waals surface area contributed by atoms with Crippen molar-refractivity contribution in [2.24, 2.45) is 0 Å². The number of halogens is 6. The fraction of sp³-hybridized carbons (Fsp3) is 0.333. The number of rotatable bonds is 3. The molecule has 0 spiro atoms. The first-order valence-electron chi connectivity index (χ1n) is 6.35. The molecule has 0 unspecified atom stereocenters. The highest BCUT2D eigenvalue weighted by Crippen LogP contribution is 2.40. The lowest BCUT2D eigenvalue weighted by Crippen LogP contribution is -2.30. The number of nitrogens with zero attached hydrogens (tertiary/aromatic N) is 3. The van der Waals surface area contributed by atoms with Gasteiger partial charge in [-0.15, -0.1) is 0 Å². The highest BCUT2D eigenvalue weighted by Gasteiger charge is 2.41. The van der Waals surface area contributed by atoms with Crippen molar-refractivity contribution in [3.63, 3.8) is 0 Å². The number of alkyl halides is 6. The predicted molar refractivity (Wildman–Crippen MR) is 75.6 cm³/mol. The lowest BCUT2D eigenvalue weighted by atomic mass is 10.1. The van der Waals surface area contributed by atoms with Crippen molar-refractivity contribution < 1.29 is 34.8 Å². The summed E-state index contributed by atoms with van der Waals surface area (Å²) in [5.41, 5.74) is -5.36. The molecule has 0 bridgehead atoms. The van der Waals surface area contributed by atoms with E-state index in [0.717, 1.165) is 14.1 Å². The largest absolute Gasteiger partial charge is 0.418 e. The average molecular weight is 388 g/mol. The zero-order valence-corrected chi connectivity index (χ0v) is 13.4. The third-order valence-electron chi connectivity index (χ3n) is 3.19. The topological polar surface area (TPSA) is 79.0 Å². The molecule has 0 saturated heterocycles. The first-order chi connectivity index (χ1) is 11.2. The molecule has 0 atom stereocenters. The lowest BCUT2D eigenvalue weighted by molar-refractivity contribution is -0.142. The van der Waals surface area contributed by atoms with Gasteiger partial charge in [0.2, 0.25) is 0 Å². The van der Waals surface area contributed by atoms with Gasteiger partial charge in [-0.25, -0.2) is 8.96 Å². The Bertz CT molecular complexity index is 943. The van der Waals surface area contributed by atoms with Crippen molar-refractivity contribution in [3.8, 4) is 0 Å². The molecule has 0 radical (unpaired) electrons. The number of fused-ring (bicyclic) bond motifs is 1. The van der Waals surface area contributed by atoms with Crippen LogP contribution in [0.15, 0.2) is 12.1 Å². The fourth-order valence-electron chi connectivity index (χ4n) is 2.07. The summed E-state index contributed by atoms with van der Waals surface area (Å²) in [4.78, 5) is 3.44. The number of benzene rings is 1. The molecule has 138 valence electrons. The summed E-state index contributed by atoms with van der Waals surface area (Å²) < 4.78 is 104. The van der Waals surface area contributed by atoms with Gasteiger partial charge >= 0.3 is 22.6 Å². The zero-order valence-electron chi connectivity index (χ0n) is 12.6. The molecule has 1 heterocycles. The van der Waals surface area contributed by atoms with E-state index in [4.69, 9.17) is 5.41 Å². The molecule has 0 aliphatic carbocycles. The Morgan fingerprint density at radius 3 is 2.08 bits per heavy atom. The van der Waals surface area contributed by atoms with Gasteiger partial charge in [0.05, 0.1) is 28.4 Å². The number of hydrogen-bond acceptors (Lipinski definition) is 4. The third-order valence-corrected chi connectivity index (χ3v) is 4.94. The molecule has 0 amide bonds. The van der Waals surface area contributed by atoms with E-state index in [1.807, 2.05) is 0 Å². The third kappa shape index (κ3) is 3.20. The van der Waals surface area contributed by atoms with E-state index in [1.54, 1.807) is 0 Å². The summed E-state index contributed by atoms with van der Waals surface area (Å²) in [6.07, 6.45) is -10.0. The zero-order chi connectivity index (χ0) is 19.4. The fourth-order valence-corrected chi connectivity index (χ4v) is 3.15. The average Bonchev–Trinajstić information content (AvgIpc) is 2.82. The van der Waals surface area contributed by atoms with Crippen LogP contribution in [0.1, 0.15) is 17.0 Å². The van der Waals surface area contributed by atoms with Gasteiger partial charge in [-0.05, 0) is 12.1 Å². The van der Waals surface area contributed by atoms with Gasteiger partial charge in [0.1, 0.15) is 0 Å². The second kappa shape index (κ2) is 5.69. The van der Waals surface area contributed by atoms with Gasteiger partial charge < -0.3 is 5.41 Å². The van der Waals surface area contributed by atoms with E-state index >= 15 is 0 Å². The molecule has 1 aromatic heterocycles. The van der Waals surface area contributed by atoms with E-state index in [9.17, 15) is 34.8 Å². The smallest absolute Gasteiger partial charge is 0.305 e. The molecular formula is C12H10F6N4O2S. The Hall–Kier alpha value is -2.15. The Balaban J connectivity index is 3.09. The molecule has 1 N–H and O–H groups in total.